The van der Waals surface area contributed by atoms with Crippen LogP contribution in [0.2, 0.25) is 0 Å². The van der Waals surface area contributed by atoms with E-state index in [1.807, 2.05) is 11.8 Å². The Morgan fingerprint density at radius 2 is 1.49 bits per heavy atom. The first-order chi connectivity index (χ1) is 26.8. The van der Waals surface area contributed by atoms with Gasteiger partial charge >= 0.3 is 24.5 Å². The lowest BCUT2D eigenvalue weighted by Gasteiger charge is -2.41. The minimum absolute atomic E-state index is 0.0356. The molecule has 0 aliphatic carbocycles. The van der Waals surface area contributed by atoms with Crippen molar-refractivity contribution in [2.45, 2.75) is 76.1 Å². The molecule has 0 bridgehead atoms. The van der Waals surface area contributed by atoms with Crippen molar-refractivity contribution >= 4 is 29.2 Å². The number of fused-ring (bicyclic) bond motifs is 1. The lowest BCUT2D eigenvalue weighted by atomic mass is 9.88. The van der Waals surface area contributed by atoms with Crippen molar-refractivity contribution in [3.05, 3.63) is 76.1 Å². The van der Waals surface area contributed by atoms with Crippen molar-refractivity contribution in [3.63, 3.8) is 0 Å². The average Bonchev–Trinajstić information content (AvgIpc) is 3.16. The summed E-state index contributed by atoms with van der Waals surface area (Å²) in [7, 11) is 0. The summed E-state index contributed by atoms with van der Waals surface area (Å²) in [6.45, 7) is 4.38. The molecule has 3 aromatic rings. The molecule has 3 aliphatic heterocycles. The summed E-state index contributed by atoms with van der Waals surface area (Å²) in [5, 5.41) is 12.4. The minimum atomic E-state index is -5.07. The normalized spacial score (nSPS) is 20.0. The highest BCUT2D eigenvalue weighted by atomic mass is 19.4. The van der Waals surface area contributed by atoms with E-state index in [9.17, 15) is 54.2 Å². The van der Waals surface area contributed by atoms with Gasteiger partial charge in [0.25, 0.3) is 0 Å². The monoisotopic (exact) mass is 816 g/mol. The number of hydrogen-bond donors (Lipinski definition) is 2. The zero-order valence-corrected chi connectivity index (χ0v) is 30.8. The van der Waals surface area contributed by atoms with Gasteiger partial charge in [-0.15, -0.1) is 0 Å². The SMILES string of the molecule is CC[C@@H]1C[C@H](Nc2ncc(N3CCOCC3)c(Cc3cc(C(F)(F)F)cc(C(F)(F)F)c3)n2)c2cc(C(F)(F)F)ccc2N1C(=O)CCN1CCC(C(=O)O)CC1. The van der Waals surface area contributed by atoms with E-state index in [-0.39, 0.29) is 53.3 Å². The Bertz CT molecular complexity index is 1890. The summed E-state index contributed by atoms with van der Waals surface area (Å²) in [6, 6.07) is 2.98. The van der Waals surface area contributed by atoms with E-state index in [0.29, 0.717) is 83.0 Å². The lowest BCUT2D eigenvalue weighted by molar-refractivity contribution is -0.144. The number of carboxylic acids is 1. The van der Waals surface area contributed by atoms with E-state index in [2.05, 4.69) is 15.3 Å². The fourth-order valence-corrected chi connectivity index (χ4v) is 7.68. The maximum Gasteiger partial charge on any atom is 0.416 e. The zero-order chi connectivity index (χ0) is 41.3. The molecular formula is C38H41F9N6O4. The van der Waals surface area contributed by atoms with E-state index < -0.39 is 65.6 Å². The number of amides is 1. The van der Waals surface area contributed by atoms with Gasteiger partial charge in [0.1, 0.15) is 0 Å². The molecular weight excluding hydrogens is 775 g/mol. The number of ether oxygens (including phenoxy) is 1. The molecule has 2 N–H and O–H groups in total. The molecule has 0 radical (unpaired) electrons. The van der Waals surface area contributed by atoms with Crippen LogP contribution in [0.15, 0.2) is 42.6 Å². The summed E-state index contributed by atoms with van der Waals surface area (Å²) in [6.07, 6.45) is -12.5. The topological polar surface area (TPSA) is 111 Å². The smallest absolute Gasteiger partial charge is 0.416 e. The van der Waals surface area contributed by atoms with Gasteiger partial charge in [-0.3, -0.25) is 9.59 Å². The number of hydrogen-bond acceptors (Lipinski definition) is 8. The number of morpholine rings is 1. The lowest BCUT2D eigenvalue weighted by Crippen LogP contribution is -2.47. The van der Waals surface area contributed by atoms with Crippen LogP contribution in [-0.4, -0.2) is 83.8 Å². The molecule has 1 aromatic heterocycles. The van der Waals surface area contributed by atoms with Crippen molar-refractivity contribution in [3.8, 4) is 0 Å². The Labute approximate surface area is 322 Å². The fourth-order valence-electron chi connectivity index (χ4n) is 7.68. The zero-order valence-electron chi connectivity index (χ0n) is 30.8. The van der Waals surface area contributed by atoms with Gasteiger partial charge in [-0.2, -0.15) is 39.5 Å². The summed E-state index contributed by atoms with van der Waals surface area (Å²) in [5.41, 5.74) is -3.47. The summed E-state index contributed by atoms with van der Waals surface area (Å²) < 4.78 is 130. The van der Waals surface area contributed by atoms with Gasteiger partial charge in [-0.1, -0.05) is 6.92 Å². The van der Waals surface area contributed by atoms with Crippen LogP contribution in [-0.2, 0) is 39.3 Å². The standard InChI is InChI=1S/C38H41F9N6O4/c1-2-27-20-29(28-19-24(36(39,40)41)3-4-31(28)53(27)33(54)7-10-51-8-5-23(6-9-51)34(55)56)49-35-48-21-32(52-11-13-57-14-12-52)30(50-35)17-22-15-25(37(42,43)44)18-26(16-22)38(45,46)47/h3-4,15-16,18-19,21,23,27,29H,2,5-14,17,20H2,1H3,(H,55,56)(H,48,49,50)/t27-,29+/m1/s1. The van der Waals surface area contributed by atoms with Crippen LogP contribution < -0.4 is 15.1 Å². The third-order valence-electron chi connectivity index (χ3n) is 10.7. The van der Waals surface area contributed by atoms with Gasteiger partial charge in [-0.05, 0) is 86.3 Å². The van der Waals surface area contributed by atoms with Crippen molar-refractivity contribution in [1.82, 2.24) is 14.9 Å². The molecule has 10 nitrogen and oxygen atoms in total. The van der Waals surface area contributed by atoms with E-state index in [1.54, 1.807) is 4.90 Å². The van der Waals surface area contributed by atoms with E-state index in [0.717, 1.165) is 12.1 Å². The number of aromatic nitrogens is 2. The minimum Gasteiger partial charge on any atom is -0.481 e. The quantitative estimate of drug-likeness (QED) is 0.198. The molecule has 2 saturated heterocycles. The number of nitrogens with zero attached hydrogens (tertiary/aromatic N) is 5. The molecule has 2 aromatic carbocycles. The van der Waals surface area contributed by atoms with E-state index >= 15 is 0 Å². The fraction of sp³-hybridized carbons (Fsp3) is 0.526. The number of carbonyl (C=O) groups is 2. The number of aliphatic carboxylic acids is 1. The van der Waals surface area contributed by atoms with Crippen LogP contribution in [0.1, 0.15) is 78.6 Å². The second-order valence-electron chi connectivity index (χ2n) is 14.4. The first-order valence-electron chi connectivity index (χ1n) is 18.5. The van der Waals surface area contributed by atoms with Crippen molar-refractivity contribution in [2.75, 3.05) is 61.1 Å². The number of carbonyl (C=O) groups excluding carboxylic acids is 1. The number of anilines is 3. The van der Waals surface area contributed by atoms with Crippen LogP contribution >= 0.6 is 0 Å². The van der Waals surface area contributed by atoms with Crippen molar-refractivity contribution in [1.29, 1.82) is 0 Å². The number of piperidine rings is 1. The summed E-state index contributed by atoms with van der Waals surface area (Å²) in [4.78, 5) is 39.4. The Balaban J connectivity index is 1.33. The molecule has 1 amide bonds. The van der Waals surface area contributed by atoms with Gasteiger partial charge in [0.2, 0.25) is 11.9 Å². The Morgan fingerprint density at radius 1 is 0.860 bits per heavy atom. The Kier molecular flexibility index (Phi) is 12.3. The number of likely N-dealkylation sites (tertiary alicyclic amines) is 1. The second kappa shape index (κ2) is 16.7. The number of rotatable bonds is 10. The van der Waals surface area contributed by atoms with Crippen LogP contribution in [0.5, 0.6) is 0 Å². The Morgan fingerprint density at radius 3 is 2.07 bits per heavy atom. The van der Waals surface area contributed by atoms with Crippen LogP contribution in [0.3, 0.4) is 0 Å². The van der Waals surface area contributed by atoms with Gasteiger partial charge in [-0.25, -0.2) is 9.97 Å². The first-order valence-corrected chi connectivity index (χ1v) is 18.5. The largest absolute Gasteiger partial charge is 0.481 e. The highest BCUT2D eigenvalue weighted by Gasteiger charge is 2.40. The molecule has 4 heterocycles. The molecule has 6 rings (SSSR count). The maximum absolute atomic E-state index is 14.1. The number of carboxylic acid groups (broad SMARTS) is 1. The average molecular weight is 817 g/mol. The van der Waals surface area contributed by atoms with E-state index in [1.165, 1.54) is 17.2 Å². The first kappa shape index (κ1) is 42.0. The number of benzene rings is 2. The third kappa shape index (κ3) is 9.91. The van der Waals surface area contributed by atoms with Crippen molar-refractivity contribution < 1.29 is 58.9 Å². The number of nitrogens with one attached hydrogen (secondary N) is 1. The molecule has 0 unspecified atom stereocenters. The predicted molar refractivity (Wildman–Crippen MR) is 190 cm³/mol. The summed E-state index contributed by atoms with van der Waals surface area (Å²) >= 11 is 0. The molecule has 3 aliphatic rings. The third-order valence-corrected chi connectivity index (χ3v) is 10.7. The van der Waals surface area contributed by atoms with Crippen LogP contribution in [0, 0.1) is 5.92 Å². The molecule has 0 spiro atoms. The molecule has 2 atom stereocenters. The van der Waals surface area contributed by atoms with Gasteiger partial charge in [0.05, 0.1) is 59.4 Å². The molecule has 0 saturated carbocycles. The molecule has 19 heteroatoms. The van der Waals surface area contributed by atoms with Gasteiger partial charge < -0.3 is 29.9 Å². The van der Waals surface area contributed by atoms with Crippen molar-refractivity contribution in [2.24, 2.45) is 5.92 Å². The van der Waals surface area contributed by atoms with Crippen LogP contribution in [0.4, 0.5) is 56.8 Å². The highest BCUT2D eigenvalue weighted by molar-refractivity contribution is 5.95. The summed E-state index contributed by atoms with van der Waals surface area (Å²) in [5.74, 6) is -1.78. The van der Waals surface area contributed by atoms with Gasteiger partial charge in [0, 0.05) is 44.2 Å². The maximum atomic E-state index is 14.1. The number of halogens is 9. The van der Waals surface area contributed by atoms with E-state index in [4.69, 9.17) is 4.74 Å². The van der Waals surface area contributed by atoms with Crippen LogP contribution in [0.25, 0.3) is 0 Å². The predicted octanol–water partition coefficient (Wildman–Crippen LogP) is 7.82. The number of alkyl halides is 9. The highest BCUT2D eigenvalue weighted by Crippen LogP contribution is 2.44. The Hall–Kier alpha value is -4.65. The molecule has 57 heavy (non-hydrogen) atoms. The second-order valence-corrected chi connectivity index (χ2v) is 14.4. The molecule has 310 valence electrons. The molecule has 2 fully saturated rings. The van der Waals surface area contributed by atoms with Gasteiger partial charge in [0.15, 0.2) is 0 Å².